The van der Waals surface area contributed by atoms with Crippen molar-refractivity contribution in [3.8, 4) is 0 Å². The number of rotatable bonds is 2. The van der Waals surface area contributed by atoms with E-state index in [2.05, 4.69) is 6.92 Å². The second kappa shape index (κ2) is 6.43. The highest BCUT2D eigenvalue weighted by atomic mass is 16.6. The van der Waals surface area contributed by atoms with Crippen LogP contribution in [0.15, 0.2) is 0 Å². The maximum atomic E-state index is 11.5. The molecule has 9 atom stereocenters. The van der Waals surface area contributed by atoms with E-state index in [1.54, 1.807) is 0 Å². The molecule has 1 heterocycles. The molecule has 6 nitrogen and oxygen atoms in total. The lowest BCUT2D eigenvalue weighted by Gasteiger charge is -2.61. The van der Waals surface area contributed by atoms with E-state index in [0.717, 1.165) is 32.1 Å². The molecule has 148 valence electrons. The van der Waals surface area contributed by atoms with Gasteiger partial charge in [0.1, 0.15) is 6.10 Å². The molecule has 5 unspecified atom stereocenters. The Morgan fingerprint density at radius 2 is 2.00 bits per heavy atom. The largest absolute Gasteiger partial charge is 0.459 e. The van der Waals surface area contributed by atoms with Gasteiger partial charge in [-0.05, 0) is 55.8 Å². The average molecular weight is 368 g/mol. The minimum absolute atomic E-state index is 0.0482. The van der Waals surface area contributed by atoms with Crippen molar-refractivity contribution in [3.05, 3.63) is 0 Å². The second-order valence-electron chi connectivity index (χ2n) is 9.40. The van der Waals surface area contributed by atoms with Gasteiger partial charge >= 0.3 is 5.97 Å². The fourth-order valence-corrected chi connectivity index (χ4v) is 6.89. The quantitative estimate of drug-likeness (QED) is 0.635. The molecule has 6 heteroatoms. The van der Waals surface area contributed by atoms with Crippen molar-refractivity contribution in [1.29, 1.82) is 0 Å². The molecular weight excluding hydrogens is 336 g/mol. The number of ether oxygens (including phenoxy) is 2. The van der Waals surface area contributed by atoms with Gasteiger partial charge in [0.05, 0.1) is 36.9 Å². The maximum Gasteiger partial charge on any atom is 0.303 e. The third-order valence-corrected chi connectivity index (χ3v) is 8.30. The molecule has 1 aliphatic heterocycles. The van der Waals surface area contributed by atoms with Crippen LogP contribution in [0.3, 0.4) is 0 Å². The Kier molecular flexibility index (Phi) is 4.62. The minimum atomic E-state index is -0.606. The maximum absolute atomic E-state index is 11.5. The lowest BCUT2D eigenvalue weighted by atomic mass is 9.45. The monoisotopic (exact) mass is 368 g/mol. The first-order valence-corrected chi connectivity index (χ1v) is 10.1. The van der Waals surface area contributed by atoms with Crippen molar-refractivity contribution in [1.82, 2.24) is 0 Å². The molecule has 0 radical (unpaired) electrons. The Balaban J connectivity index is 1.65. The molecule has 0 spiro atoms. The molecule has 3 N–H and O–H groups in total. The van der Waals surface area contributed by atoms with Crippen molar-refractivity contribution in [2.75, 3.05) is 13.2 Å². The zero-order valence-corrected chi connectivity index (χ0v) is 15.8. The Labute approximate surface area is 154 Å². The molecule has 26 heavy (non-hydrogen) atoms. The highest BCUT2D eigenvalue weighted by Crippen LogP contribution is 2.63. The average Bonchev–Trinajstić information content (AvgIpc) is 2.95. The van der Waals surface area contributed by atoms with E-state index in [1.165, 1.54) is 6.92 Å². The predicted molar refractivity (Wildman–Crippen MR) is 93.1 cm³/mol. The number of esters is 1. The van der Waals surface area contributed by atoms with E-state index >= 15 is 0 Å². The van der Waals surface area contributed by atoms with Crippen molar-refractivity contribution in [2.24, 2.45) is 28.6 Å². The van der Waals surface area contributed by atoms with Crippen molar-refractivity contribution < 1.29 is 29.6 Å². The Morgan fingerprint density at radius 3 is 2.69 bits per heavy atom. The molecule has 1 saturated heterocycles. The smallest absolute Gasteiger partial charge is 0.303 e. The lowest BCUT2D eigenvalue weighted by molar-refractivity contribution is -0.202. The van der Waals surface area contributed by atoms with Crippen LogP contribution in [0.5, 0.6) is 0 Å². The first-order valence-electron chi connectivity index (χ1n) is 10.1. The summed E-state index contributed by atoms with van der Waals surface area (Å²) >= 11 is 0. The number of aliphatic hydroxyl groups excluding tert-OH is 3. The van der Waals surface area contributed by atoms with Crippen LogP contribution >= 0.6 is 0 Å². The van der Waals surface area contributed by atoms with Gasteiger partial charge in [-0.15, -0.1) is 0 Å². The summed E-state index contributed by atoms with van der Waals surface area (Å²) in [7, 11) is 0. The minimum Gasteiger partial charge on any atom is -0.459 e. The second-order valence-corrected chi connectivity index (χ2v) is 9.40. The lowest BCUT2D eigenvalue weighted by Crippen LogP contribution is -2.62. The fraction of sp³-hybridized carbons (Fsp3) is 0.950. The van der Waals surface area contributed by atoms with Crippen LogP contribution in [0.25, 0.3) is 0 Å². The first kappa shape index (κ1) is 18.7. The van der Waals surface area contributed by atoms with Gasteiger partial charge in [0.15, 0.2) is 0 Å². The number of hydrogen-bond donors (Lipinski definition) is 3. The van der Waals surface area contributed by atoms with Crippen LogP contribution in [-0.4, -0.2) is 58.9 Å². The van der Waals surface area contributed by atoms with Crippen LogP contribution in [0.2, 0.25) is 0 Å². The van der Waals surface area contributed by atoms with Gasteiger partial charge < -0.3 is 24.8 Å². The van der Waals surface area contributed by atoms with Gasteiger partial charge in [0.2, 0.25) is 0 Å². The summed E-state index contributed by atoms with van der Waals surface area (Å²) in [5.74, 6) is 0.235. The van der Waals surface area contributed by atoms with Gasteiger partial charge in [-0.3, -0.25) is 4.79 Å². The molecule has 0 aromatic carbocycles. The molecule has 0 amide bonds. The Morgan fingerprint density at radius 1 is 1.23 bits per heavy atom. The molecule has 0 bridgehead atoms. The molecular formula is C20H32O6. The van der Waals surface area contributed by atoms with Crippen molar-refractivity contribution >= 4 is 5.97 Å². The molecule has 4 aliphatic rings. The summed E-state index contributed by atoms with van der Waals surface area (Å²) in [6, 6.07) is 0. The summed E-state index contributed by atoms with van der Waals surface area (Å²) in [5, 5.41) is 31.4. The van der Waals surface area contributed by atoms with E-state index in [9.17, 15) is 20.1 Å². The topological polar surface area (TPSA) is 96.2 Å². The van der Waals surface area contributed by atoms with Gasteiger partial charge in [0, 0.05) is 12.8 Å². The summed E-state index contributed by atoms with van der Waals surface area (Å²) in [4.78, 5) is 11.5. The molecule has 0 aromatic rings. The number of aliphatic hydroxyl groups is 3. The first-order chi connectivity index (χ1) is 12.3. The van der Waals surface area contributed by atoms with E-state index in [1.807, 2.05) is 0 Å². The number of hydrogen-bond acceptors (Lipinski definition) is 6. The van der Waals surface area contributed by atoms with Crippen LogP contribution in [0, 0.1) is 28.6 Å². The zero-order chi connectivity index (χ0) is 18.7. The summed E-state index contributed by atoms with van der Waals surface area (Å²) in [6.07, 6.45) is 3.38. The number of fused-ring (bicyclic) bond motifs is 5. The molecule has 0 aromatic heterocycles. The predicted octanol–water partition coefficient (Wildman–Crippen LogP) is 1.25. The van der Waals surface area contributed by atoms with Gasteiger partial charge in [-0.2, -0.15) is 0 Å². The van der Waals surface area contributed by atoms with Crippen LogP contribution < -0.4 is 0 Å². The summed E-state index contributed by atoms with van der Waals surface area (Å²) < 4.78 is 11.6. The molecule has 4 fully saturated rings. The Bertz CT molecular complexity index is 567. The van der Waals surface area contributed by atoms with E-state index in [0.29, 0.717) is 24.9 Å². The van der Waals surface area contributed by atoms with Crippen LogP contribution in [-0.2, 0) is 14.3 Å². The highest BCUT2D eigenvalue weighted by molar-refractivity contribution is 5.66. The zero-order valence-electron chi connectivity index (χ0n) is 15.8. The SMILES string of the molecule is CC(=O)O[C@H]1COC2C3C(O)CC4C[C@@H](O)CC[C@]4(C)C3CC[C@@]21CO. The van der Waals surface area contributed by atoms with Crippen molar-refractivity contribution in [3.63, 3.8) is 0 Å². The highest BCUT2D eigenvalue weighted by Gasteiger charge is 2.65. The normalized spacial score (nSPS) is 53.3. The van der Waals surface area contributed by atoms with E-state index in [4.69, 9.17) is 9.47 Å². The van der Waals surface area contributed by atoms with Gasteiger partial charge in [-0.1, -0.05) is 6.92 Å². The third-order valence-electron chi connectivity index (χ3n) is 8.30. The van der Waals surface area contributed by atoms with Gasteiger partial charge in [0.25, 0.3) is 0 Å². The molecule has 3 aliphatic carbocycles. The summed E-state index contributed by atoms with van der Waals surface area (Å²) in [5.41, 5.74) is -0.515. The third kappa shape index (κ3) is 2.56. The van der Waals surface area contributed by atoms with Crippen LogP contribution in [0.4, 0.5) is 0 Å². The van der Waals surface area contributed by atoms with E-state index in [-0.39, 0.29) is 36.1 Å². The standard InChI is InChI=1S/C20H32O6/c1-11(22)26-16-9-25-18-17-14(4-6-20(16,18)10-21)19(2)5-3-13(23)7-12(19)8-15(17)24/h12-18,21,23-24H,3-10H2,1-2H3/t12?,13-,14?,15?,16-,17?,18?,19-,20-/m0/s1. The number of carbonyl (C=O) groups excluding carboxylic acids is 1. The molecule has 4 rings (SSSR count). The number of carbonyl (C=O) groups is 1. The fourth-order valence-electron chi connectivity index (χ4n) is 6.89. The van der Waals surface area contributed by atoms with Crippen LogP contribution in [0.1, 0.15) is 52.4 Å². The summed E-state index contributed by atoms with van der Waals surface area (Å²) in [6.45, 7) is 3.90. The van der Waals surface area contributed by atoms with Gasteiger partial charge in [-0.25, -0.2) is 0 Å². The Hall–Kier alpha value is -0.690. The molecule has 3 saturated carbocycles. The van der Waals surface area contributed by atoms with Crippen molar-refractivity contribution in [2.45, 2.75) is 76.8 Å². The van der Waals surface area contributed by atoms with E-state index < -0.39 is 17.6 Å².